The minimum absolute atomic E-state index is 0.0844. The largest absolute Gasteiger partial charge is 0.376 e. The fourth-order valence-corrected chi connectivity index (χ4v) is 3.60. The summed E-state index contributed by atoms with van der Waals surface area (Å²) in [7, 11) is 0. The zero-order chi connectivity index (χ0) is 14.9. The van der Waals surface area contributed by atoms with Crippen molar-refractivity contribution in [2.24, 2.45) is 11.8 Å². The molecule has 3 aliphatic heterocycles. The van der Waals surface area contributed by atoms with Crippen LogP contribution in [0.5, 0.6) is 0 Å². The number of nitrogens with zero attached hydrogens (tertiary/aromatic N) is 4. The van der Waals surface area contributed by atoms with Gasteiger partial charge in [0.1, 0.15) is 0 Å². The summed E-state index contributed by atoms with van der Waals surface area (Å²) in [5.74, 6) is 1.46. The predicted octanol–water partition coefficient (Wildman–Crippen LogP) is 0.482. The van der Waals surface area contributed by atoms with Crippen LogP contribution in [0.15, 0.2) is 18.5 Å². The molecule has 3 saturated heterocycles. The Bertz CT molecular complexity index is 535. The van der Waals surface area contributed by atoms with Crippen molar-refractivity contribution in [3.63, 3.8) is 0 Å². The third-order valence-electron chi connectivity index (χ3n) is 4.74. The highest BCUT2D eigenvalue weighted by Gasteiger charge is 2.45. The zero-order valence-corrected chi connectivity index (χ0v) is 12.4. The van der Waals surface area contributed by atoms with Crippen LogP contribution in [0.2, 0.25) is 0 Å². The molecule has 4 heterocycles. The average Bonchev–Trinajstić information content (AvgIpc) is 3.26. The van der Waals surface area contributed by atoms with Gasteiger partial charge in [-0.3, -0.25) is 9.63 Å². The van der Waals surface area contributed by atoms with Crippen molar-refractivity contribution in [2.75, 3.05) is 37.7 Å². The van der Waals surface area contributed by atoms with Gasteiger partial charge in [0.25, 0.3) is 0 Å². The van der Waals surface area contributed by atoms with Crippen LogP contribution in [-0.4, -0.2) is 59.9 Å². The van der Waals surface area contributed by atoms with E-state index in [0.29, 0.717) is 32.1 Å². The third kappa shape index (κ3) is 2.55. The average molecular weight is 304 g/mol. The lowest BCUT2D eigenvalue weighted by molar-refractivity contribution is -0.170. The molecule has 0 aliphatic carbocycles. The Morgan fingerprint density at radius 1 is 1.32 bits per heavy atom. The fraction of sp³-hybridized carbons (Fsp3) is 0.667. The summed E-state index contributed by atoms with van der Waals surface area (Å²) >= 11 is 0. The molecule has 0 unspecified atom stereocenters. The Balaban J connectivity index is 1.39. The lowest BCUT2D eigenvalue weighted by Gasteiger charge is -2.21. The quantitative estimate of drug-likeness (QED) is 0.809. The lowest BCUT2D eigenvalue weighted by Crippen LogP contribution is -2.31. The summed E-state index contributed by atoms with van der Waals surface area (Å²) in [6.07, 6.45) is 5.12. The van der Waals surface area contributed by atoms with Crippen LogP contribution in [0.1, 0.15) is 12.8 Å². The smallest absolute Gasteiger partial charge is 0.246 e. The van der Waals surface area contributed by atoms with Crippen LogP contribution in [-0.2, 0) is 14.4 Å². The van der Waals surface area contributed by atoms with Gasteiger partial charge in [-0.15, -0.1) is 0 Å². The van der Waals surface area contributed by atoms with Crippen molar-refractivity contribution in [3.8, 4) is 0 Å². The maximum absolute atomic E-state index is 12.2. The number of amides is 1. The van der Waals surface area contributed by atoms with Gasteiger partial charge < -0.3 is 9.64 Å². The van der Waals surface area contributed by atoms with Gasteiger partial charge in [0.2, 0.25) is 11.9 Å². The molecule has 0 radical (unpaired) electrons. The van der Waals surface area contributed by atoms with E-state index in [2.05, 4.69) is 14.9 Å². The number of carbonyl (C=O) groups is 1. The van der Waals surface area contributed by atoms with E-state index in [-0.39, 0.29) is 17.9 Å². The Labute approximate surface area is 129 Å². The summed E-state index contributed by atoms with van der Waals surface area (Å²) < 4.78 is 5.90. The normalized spacial score (nSPS) is 30.8. The number of hydrogen-bond donors (Lipinski definition) is 0. The molecule has 0 N–H and O–H groups in total. The molecule has 0 bridgehead atoms. The van der Waals surface area contributed by atoms with Crippen molar-refractivity contribution >= 4 is 11.9 Å². The van der Waals surface area contributed by atoms with E-state index in [1.165, 1.54) is 5.06 Å². The van der Waals surface area contributed by atoms with Crippen molar-refractivity contribution in [1.82, 2.24) is 15.0 Å². The standard InChI is InChI=1S/C15H20N4O3/c20-14(19-5-2-6-22-19)7-11-10-21-13-9-18(8-12(11)13)15-16-3-1-4-17-15/h1,3-4,11-13H,2,5-10H2/t11-,12+,13+/m1/s1. The van der Waals surface area contributed by atoms with Gasteiger partial charge in [-0.05, 0) is 18.4 Å². The van der Waals surface area contributed by atoms with E-state index in [0.717, 1.165) is 25.5 Å². The first-order chi connectivity index (χ1) is 10.8. The molecule has 0 spiro atoms. The first kappa shape index (κ1) is 13.9. The maximum Gasteiger partial charge on any atom is 0.246 e. The second-order valence-electron chi connectivity index (χ2n) is 6.14. The molecule has 1 aromatic rings. The van der Waals surface area contributed by atoms with Crippen molar-refractivity contribution in [3.05, 3.63) is 18.5 Å². The number of hydroxylamine groups is 2. The van der Waals surface area contributed by atoms with E-state index in [1.54, 1.807) is 12.4 Å². The van der Waals surface area contributed by atoms with Crippen LogP contribution in [0.3, 0.4) is 0 Å². The molecule has 4 rings (SSSR count). The minimum atomic E-state index is 0.0844. The second kappa shape index (κ2) is 5.81. The molecule has 1 amide bonds. The highest BCUT2D eigenvalue weighted by molar-refractivity contribution is 5.75. The number of carbonyl (C=O) groups excluding carboxylic acids is 1. The first-order valence-electron chi connectivity index (χ1n) is 7.88. The molecule has 118 valence electrons. The van der Waals surface area contributed by atoms with Gasteiger partial charge in [0.05, 0.1) is 25.9 Å². The van der Waals surface area contributed by atoms with Crippen LogP contribution in [0.25, 0.3) is 0 Å². The molecule has 0 saturated carbocycles. The molecule has 7 nitrogen and oxygen atoms in total. The molecule has 0 aromatic carbocycles. The zero-order valence-electron chi connectivity index (χ0n) is 12.4. The van der Waals surface area contributed by atoms with Gasteiger partial charge in [0.15, 0.2) is 0 Å². The Morgan fingerprint density at radius 3 is 2.95 bits per heavy atom. The number of fused-ring (bicyclic) bond motifs is 1. The van der Waals surface area contributed by atoms with Gasteiger partial charge in [-0.25, -0.2) is 15.0 Å². The molecule has 3 atom stereocenters. The highest BCUT2D eigenvalue weighted by Crippen LogP contribution is 2.36. The topological polar surface area (TPSA) is 67.8 Å². The van der Waals surface area contributed by atoms with E-state index in [1.807, 2.05) is 6.07 Å². The summed E-state index contributed by atoms with van der Waals surface area (Å²) in [4.78, 5) is 28.3. The van der Waals surface area contributed by atoms with Gasteiger partial charge in [-0.2, -0.15) is 0 Å². The van der Waals surface area contributed by atoms with E-state index >= 15 is 0 Å². The van der Waals surface area contributed by atoms with Crippen molar-refractivity contribution in [1.29, 1.82) is 0 Å². The number of aromatic nitrogens is 2. The third-order valence-corrected chi connectivity index (χ3v) is 4.74. The molecule has 3 aliphatic rings. The van der Waals surface area contributed by atoms with E-state index < -0.39 is 0 Å². The molecule has 1 aromatic heterocycles. The van der Waals surface area contributed by atoms with Crippen molar-refractivity contribution in [2.45, 2.75) is 18.9 Å². The lowest BCUT2D eigenvalue weighted by atomic mass is 9.90. The number of anilines is 1. The molecule has 7 heteroatoms. The summed E-state index contributed by atoms with van der Waals surface area (Å²) in [5, 5.41) is 1.51. The summed E-state index contributed by atoms with van der Waals surface area (Å²) in [6, 6.07) is 1.81. The van der Waals surface area contributed by atoms with Gasteiger partial charge in [0, 0.05) is 37.8 Å². The first-order valence-corrected chi connectivity index (χ1v) is 7.88. The minimum Gasteiger partial charge on any atom is -0.376 e. The SMILES string of the molecule is O=C(C[C@@H]1CO[C@H]2CN(c3ncccn3)C[C@@H]12)N1CCCO1. The maximum atomic E-state index is 12.2. The Morgan fingerprint density at radius 2 is 2.18 bits per heavy atom. The molecular weight excluding hydrogens is 284 g/mol. The van der Waals surface area contributed by atoms with E-state index in [4.69, 9.17) is 9.57 Å². The molecule has 3 fully saturated rings. The second-order valence-corrected chi connectivity index (χ2v) is 6.14. The van der Waals surface area contributed by atoms with Crippen LogP contribution >= 0.6 is 0 Å². The predicted molar refractivity (Wildman–Crippen MR) is 77.9 cm³/mol. The monoisotopic (exact) mass is 304 g/mol. The van der Waals surface area contributed by atoms with E-state index in [9.17, 15) is 4.79 Å². The fourth-order valence-electron chi connectivity index (χ4n) is 3.60. The van der Waals surface area contributed by atoms with Crippen LogP contribution in [0.4, 0.5) is 5.95 Å². The summed E-state index contributed by atoms with van der Waals surface area (Å²) in [5.41, 5.74) is 0. The van der Waals surface area contributed by atoms with Crippen LogP contribution in [0, 0.1) is 11.8 Å². The highest BCUT2D eigenvalue weighted by atomic mass is 16.7. The molecular formula is C15H20N4O3. The Hall–Kier alpha value is -1.73. The Kier molecular flexibility index (Phi) is 3.67. The van der Waals surface area contributed by atoms with Gasteiger partial charge in [-0.1, -0.05) is 0 Å². The van der Waals surface area contributed by atoms with Crippen LogP contribution < -0.4 is 4.90 Å². The number of hydrogen-bond acceptors (Lipinski definition) is 6. The summed E-state index contributed by atoms with van der Waals surface area (Å²) in [6.45, 7) is 3.69. The number of ether oxygens (including phenoxy) is 1. The van der Waals surface area contributed by atoms with Crippen molar-refractivity contribution < 1.29 is 14.4 Å². The van der Waals surface area contributed by atoms with Gasteiger partial charge >= 0.3 is 0 Å². The number of rotatable bonds is 3. The molecule has 22 heavy (non-hydrogen) atoms.